The zero-order valence-corrected chi connectivity index (χ0v) is 12.6. The van der Waals surface area contributed by atoms with Gasteiger partial charge in [-0.2, -0.15) is 0 Å². The molecule has 0 saturated carbocycles. The van der Waals surface area contributed by atoms with E-state index in [1.165, 1.54) is 12.1 Å². The molecule has 7 heteroatoms. The first-order chi connectivity index (χ1) is 11.1. The Kier molecular flexibility index (Phi) is 4.47. The molecular weight excluding hydrogens is 301 g/mol. The summed E-state index contributed by atoms with van der Waals surface area (Å²) in [6, 6.07) is 5.95. The molecule has 0 spiro atoms. The molecule has 1 N–H and O–H groups in total. The number of carbonyl (C=O) groups excluding carboxylic acids is 1. The number of carbonyl (C=O) groups is 1. The number of anilines is 1. The summed E-state index contributed by atoms with van der Waals surface area (Å²) in [7, 11) is 0. The number of halogens is 1. The van der Waals surface area contributed by atoms with Crippen LogP contribution in [0.15, 0.2) is 30.5 Å². The van der Waals surface area contributed by atoms with Crippen molar-refractivity contribution in [2.45, 2.75) is 19.4 Å². The number of aromatic nitrogens is 2. The maximum atomic E-state index is 12.8. The van der Waals surface area contributed by atoms with Crippen molar-refractivity contribution in [1.29, 1.82) is 0 Å². The smallest absolute Gasteiger partial charge is 0.275 e. The van der Waals surface area contributed by atoms with E-state index >= 15 is 0 Å². The van der Waals surface area contributed by atoms with Crippen molar-refractivity contribution in [3.05, 3.63) is 47.7 Å². The van der Waals surface area contributed by atoms with Gasteiger partial charge in [0.2, 0.25) is 0 Å². The van der Waals surface area contributed by atoms with Crippen LogP contribution >= 0.6 is 0 Å². The molecular formula is C16H16FN3O3. The summed E-state index contributed by atoms with van der Waals surface area (Å²) in [6.45, 7) is 3.01. The molecule has 2 aromatic heterocycles. The van der Waals surface area contributed by atoms with Crippen LogP contribution in [-0.4, -0.2) is 35.2 Å². The second-order valence-corrected chi connectivity index (χ2v) is 5.25. The fraction of sp³-hybridized carbons (Fsp3) is 0.312. The first kappa shape index (κ1) is 15.4. The van der Waals surface area contributed by atoms with Gasteiger partial charge in [0.15, 0.2) is 0 Å². The molecule has 1 amide bonds. The maximum absolute atomic E-state index is 12.8. The van der Waals surface area contributed by atoms with Crippen molar-refractivity contribution >= 4 is 11.7 Å². The van der Waals surface area contributed by atoms with E-state index in [0.29, 0.717) is 24.7 Å². The molecule has 23 heavy (non-hydrogen) atoms. The lowest BCUT2D eigenvalue weighted by Crippen LogP contribution is -2.18. The molecule has 3 rings (SSSR count). The molecule has 1 saturated heterocycles. The summed E-state index contributed by atoms with van der Waals surface area (Å²) in [6.07, 6.45) is 1.85. The minimum Gasteiger partial charge on any atom is -0.488 e. The number of ether oxygens (including phenoxy) is 2. The highest BCUT2D eigenvalue weighted by Crippen LogP contribution is 2.19. The number of nitrogens with one attached hydrogen (secondary N) is 1. The molecule has 0 aromatic carbocycles. The topological polar surface area (TPSA) is 73.3 Å². The molecule has 6 nitrogen and oxygen atoms in total. The quantitative estimate of drug-likeness (QED) is 0.937. The summed E-state index contributed by atoms with van der Waals surface area (Å²) < 4.78 is 23.9. The van der Waals surface area contributed by atoms with E-state index in [1.807, 2.05) is 0 Å². The molecule has 0 aliphatic carbocycles. The first-order valence-electron chi connectivity index (χ1n) is 7.26. The standard InChI is InChI=1S/C16H16FN3O3/c1-10-6-13(23-12-4-5-22-9-12)7-14(19-10)16(21)20-15-3-2-11(17)8-18-15/h2-3,6-8,12H,4-5,9H2,1H3,(H,18,20,21)/t12-/m1/s1. The van der Waals surface area contributed by atoms with Gasteiger partial charge in [-0.25, -0.2) is 14.4 Å². The van der Waals surface area contributed by atoms with Crippen molar-refractivity contribution in [2.24, 2.45) is 0 Å². The van der Waals surface area contributed by atoms with Crippen LogP contribution in [0.2, 0.25) is 0 Å². The minimum atomic E-state index is -0.467. The van der Waals surface area contributed by atoms with Gasteiger partial charge in [-0.1, -0.05) is 0 Å². The van der Waals surface area contributed by atoms with Gasteiger partial charge in [0, 0.05) is 24.2 Å². The highest BCUT2D eigenvalue weighted by molar-refractivity contribution is 6.02. The zero-order valence-electron chi connectivity index (χ0n) is 12.6. The Balaban J connectivity index is 1.74. The maximum Gasteiger partial charge on any atom is 0.275 e. The van der Waals surface area contributed by atoms with Gasteiger partial charge in [0.25, 0.3) is 5.91 Å². The lowest BCUT2D eigenvalue weighted by molar-refractivity contribution is 0.102. The number of aryl methyl sites for hydroxylation is 1. The Morgan fingerprint density at radius 2 is 2.30 bits per heavy atom. The van der Waals surface area contributed by atoms with Gasteiger partial charge in [-0.15, -0.1) is 0 Å². The summed E-state index contributed by atoms with van der Waals surface area (Å²) in [5.74, 6) is -0.0666. The van der Waals surface area contributed by atoms with Crippen LogP contribution in [-0.2, 0) is 4.74 Å². The third kappa shape index (κ3) is 4.01. The van der Waals surface area contributed by atoms with E-state index in [9.17, 15) is 9.18 Å². The highest BCUT2D eigenvalue weighted by atomic mass is 19.1. The van der Waals surface area contributed by atoms with Crippen molar-refractivity contribution in [2.75, 3.05) is 18.5 Å². The zero-order chi connectivity index (χ0) is 16.2. The third-order valence-electron chi connectivity index (χ3n) is 3.32. The van der Waals surface area contributed by atoms with Crippen molar-refractivity contribution < 1.29 is 18.7 Å². The monoisotopic (exact) mass is 317 g/mol. The highest BCUT2D eigenvalue weighted by Gasteiger charge is 2.18. The second-order valence-electron chi connectivity index (χ2n) is 5.25. The van der Waals surface area contributed by atoms with Gasteiger partial charge < -0.3 is 14.8 Å². The predicted octanol–water partition coefficient (Wildman–Crippen LogP) is 2.34. The van der Waals surface area contributed by atoms with E-state index < -0.39 is 11.7 Å². The van der Waals surface area contributed by atoms with Crippen LogP contribution in [0, 0.1) is 12.7 Å². The SMILES string of the molecule is Cc1cc(O[C@@H]2CCOC2)cc(C(=O)Nc2ccc(F)cn2)n1. The molecule has 1 aliphatic heterocycles. The first-order valence-corrected chi connectivity index (χ1v) is 7.26. The normalized spacial score (nSPS) is 17.0. The van der Waals surface area contributed by atoms with Gasteiger partial charge >= 0.3 is 0 Å². The number of pyridine rings is 2. The van der Waals surface area contributed by atoms with Gasteiger partial charge in [-0.05, 0) is 19.1 Å². The lowest BCUT2D eigenvalue weighted by atomic mass is 10.2. The Labute approximate surface area is 132 Å². The van der Waals surface area contributed by atoms with Crippen molar-refractivity contribution in [3.63, 3.8) is 0 Å². The Morgan fingerprint density at radius 1 is 1.43 bits per heavy atom. The molecule has 3 heterocycles. The molecule has 0 unspecified atom stereocenters. The molecule has 120 valence electrons. The summed E-state index contributed by atoms with van der Waals surface area (Å²) in [5, 5.41) is 2.57. The number of hydrogen-bond acceptors (Lipinski definition) is 5. The van der Waals surface area contributed by atoms with Gasteiger partial charge in [0.05, 0.1) is 19.4 Å². The van der Waals surface area contributed by atoms with Crippen molar-refractivity contribution in [3.8, 4) is 5.75 Å². The Morgan fingerprint density at radius 3 is 3.00 bits per heavy atom. The second kappa shape index (κ2) is 6.70. The Bertz CT molecular complexity index is 700. The van der Waals surface area contributed by atoms with Crippen LogP contribution in [0.1, 0.15) is 22.6 Å². The lowest BCUT2D eigenvalue weighted by Gasteiger charge is -2.13. The number of amides is 1. The fourth-order valence-electron chi connectivity index (χ4n) is 2.25. The van der Waals surface area contributed by atoms with Crippen LogP contribution in [0.3, 0.4) is 0 Å². The van der Waals surface area contributed by atoms with Crippen molar-refractivity contribution in [1.82, 2.24) is 9.97 Å². The third-order valence-corrected chi connectivity index (χ3v) is 3.32. The average molecular weight is 317 g/mol. The van der Waals surface area contributed by atoms with Crippen LogP contribution in [0.4, 0.5) is 10.2 Å². The van der Waals surface area contributed by atoms with Gasteiger partial charge in [-0.3, -0.25) is 4.79 Å². The van der Waals surface area contributed by atoms with E-state index in [2.05, 4.69) is 15.3 Å². The van der Waals surface area contributed by atoms with Crippen LogP contribution in [0.5, 0.6) is 5.75 Å². The molecule has 1 fully saturated rings. The number of nitrogens with zero attached hydrogens (tertiary/aromatic N) is 2. The molecule has 0 bridgehead atoms. The summed E-state index contributed by atoms with van der Waals surface area (Å²) in [5.41, 5.74) is 0.878. The van der Waals surface area contributed by atoms with Crippen LogP contribution < -0.4 is 10.1 Å². The summed E-state index contributed by atoms with van der Waals surface area (Å²) >= 11 is 0. The molecule has 0 radical (unpaired) electrons. The number of rotatable bonds is 4. The van der Waals surface area contributed by atoms with E-state index in [-0.39, 0.29) is 17.6 Å². The van der Waals surface area contributed by atoms with E-state index in [1.54, 1.807) is 19.1 Å². The largest absolute Gasteiger partial charge is 0.488 e. The molecule has 1 aliphatic rings. The summed E-state index contributed by atoms with van der Waals surface area (Å²) in [4.78, 5) is 20.2. The van der Waals surface area contributed by atoms with E-state index in [0.717, 1.165) is 12.6 Å². The fourth-order valence-corrected chi connectivity index (χ4v) is 2.25. The predicted molar refractivity (Wildman–Crippen MR) is 81.0 cm³/mol. The molecule has 2 aromatic rings. The average Bonchev–Trinajstić information content (AvgIpc) is 3.02. The van der Waals surface area contributed by atoms with Gasteiger partial charge in [0.1, 0.15) is 29.2 Å². The molecule has 1 atom stereocenters. The minimum absolute atomic E-state index is 0.00789. The Hall–Kier alpha value is -2.54. The van der Waals surface area contributed by atoms with Crippen LogP contribution in [0.25, 0.3) is 0 Å². The number of hydrogen-bond donors (Lipinski definition) is 1. The van der Waals surface area contributed by atoms with E-state index in [4.69, 9.17) is 9.47 Å².